The number of carbonyl (C=O) groups excluding carboxylic acids is 1. The lowest BCUT2D eigenvalue weighted by molar-refractivity contribution is -0.142. The van der Waals surface area contributed by atoms with E-state index < -0.39 is 12.0 Å². The number of amides is 1. The van der Waals surface area contributed by atoms with Gasteiger partial charge in [0, 0.05) is 18.1 Å². The standard InChI is InChI=1S/C17H21NO4/c19-16(14-8-2-5-11-4-1-7-13(11)14)18-15(17(20)21)12-6-3-9-22-10-12/h2,5,8,12,15H,1,3-4,6-7,9-10H2,(H,18,19)(H,20,21). The second kappa shape index (κ2) is 6.48. The number of benzene rings is 1. The van der Waals surface area contributed by atoms with E-state index in [0.717, 1.165) is 37.7 Å². The van der Waals surface area contributed by atoms with Crippen LogP contribution < -0.4 is 5.32 Å². The number of nitrogens with one attached hydrogen (secondary N) is 1. The fourth-order valence-corrected chi connectivity index (χ4v) is 3.46. The average molecular weight is 303 g/mol. The predicted molar refractivity (Wildman–Crippen MR) is 80.9 cm³/mol. The highest BCUT2D eigenvalue weighted by Crippen LogP contribution is 2.26. The van der Waals surface area contributed by atoms with Crippen molar-refractivity contribution >= 4 is 11.9 Å². The van der Waals surface area contributed by atoms with Gasteiger partial charge in [0.2, 0.25) is 0 Å². The van der Waals surface area contributed by atoms with E-state index in [4.69, 9.17) is 4.74 Å². The number of rotatable bonds is 4. The molecule has 118 valence electrons. The topological polar surface area (TPSA) is 75.6 Å². The maximum Gasteiger partial charge on any atom is 0.326 e. The molecule has 1 aromatic rings. The molecule has 0 saturated carbocycles. The highest BCUT2D eigenvalue weighted by Gasteiger charge is 2.32. The average Bonchev–Trinajstić information content (AvgIpc) is 3.01. The molecular formula is C17H21NO4. The molecule has 22 heavy (non-hydrogen) atoms. The van der Waals surface area contributed by atoms with Gasteiger partial charge in [0.15, 0.2) is 0 Å². The first-order chi connectivity index (χ1) is 10.7. The van der Waals surface area contributed by atoms with Crippen LogP contribution in [0.3, 0.4) is 0 Å². The molecule has 5 heteroatoms. The van der Waals surface area contributed by atoms with Crippen LogP contribution in [-0.4, -0.2) is 36.2 Å². The van der Waals surface area contributed by atoms with Crippen LogP contribution in [-0.2, 0) is 22.4 Å². The second-order valence-corrected chi connectivity index (χ2v) is 6.06. The van der Waals surface area contributed by atoms with Gasteiger partial charge in [-0.25, -0.2) is 4.79 Å². The molecule has 1 fully saturated rings. The lowest BCUT2D eigenvalue weighted by Gasteiger charge is -2.28. The monoisotopic (exact) mass is 303 g/mol. The van der Waals surface area contributed by atoms with E-state index in [1.165, 1.54) is 5.56 Å². The van der Waals surface area contributed by atoms with Gasteiger partial charge >= 0.3 is 5.97 Å². The SMILES string of the molecule is O=C(NC(C(=O)O)C1CCCOC1)c1cccc2c1CCC2. The van der Waals surface area contributed by atoms with Crippen molar-refractivity contribution < 1.29 is 19.4 Å². The number of aryl methyl sites for hydroxylation is 1. The van der Waals surface area contributed by atoms with E-state index in [-0.39, 0.29) is 11.8 Å². The van der Waals surface area contributed by atoms with Gasteiger partial charge in [0.25, 0.3) is 5.91 Å². The van der Waals surface area contributed by atoms with Crippen LogP contribution in [0.4, 0.5) is 0 Å². The zero-order chi connectivity index (χ0) is 15.5. The summed E-state index contributed by atoms with van der Waals surface area (Å²) in [6.07, 6.45) is 4.55. The molecule has 1 amide bonds. The van der Waals surface area contributed by atoms with Gasteiger partial charge in [-0.1, -0.05) is 12.1 Å². The summed E-state index contributed by atoms with van der Waals surface area (Å²) >= 11 is 0. The molecule has 2 atom stereocenters. The van der Waals surface area contributed by atoms with Gasteiger partial charge in [0.1, 0.15) is 6.04 Å². The van der Waals surface area contributed by atoms with Crippen molar-refractivity contribution in [1.82, 2.24) is 5.32 Å². The summed E-state index contributed by atoms with van der Waals surface area (Å²) in [6, 6.07) is 4.82. The van der Waals surface area contributed by atoms with Crippen molar-refractivity contribution in [3.63, 3.8) is 0 Å². The Bertz CT molecular complexity index is 578. The summed E-state index contributed by atoms with van der Waals surface area (Å²) in [5.41, 5.74) is 2.91. The molecule has 0 spiro atoms. The van der Waals surface area contributed by atoms with E-state index in [9.17, 15) is 14.7 Å². The zero-order valence-electron chi connectivity index (χ0n) is 12.5. The van der Waals surface area contributed by atoms with Crippen LogP contribution >= 0.6 is 0 Å². The molecule has 1 heterocycles. The minimum atomic E-state index is -0.989. The Morgan fingerprint density at radius 1 is 1.27 bits per heavy atom. The van der Waals surface area contributed by atoms with Gasteiger partial charge in [-0.3, -0.25) is 4.79 Å². The molecule has 0 radical (unpaired) electrons. The molecule has 1 aromatic carbocycles. The molecule has 2 N–H and O–H groups in total. The number of carboxylic acids is 1. The quantitative estimate of drug-likeness (QED) is 0.889. The van der Waals surface area contributed by atoms with Gasteiger partial charge in [-0.05, 0) is 49.3 Å². The maximum absolute atomic E-state index is 12.5. The molecule has 2 aliphatic rings. The molecule has 1 aliphatic carbocycles. The van der Waals surface area contributed by atoms with Gasteiger partial charge in [0.05, 0.1) is 6.61 Å². The first-order valence-corrected chi connectivity index (χ1v) is 7.89. The Kier molecular flexibility index (Phi) is 4.43. The second-order valence-electron chi connectivity index (χ2n) is 6.06. The van der Waals surface area contributed by atoms with Gasteiger partial charge in [-0.15, -0.1) is 0 Å². The van der Waals surface area contributed by atoms with Crippen LogP contribution in [0.25, 0.3) is 0 Å². The minimum absolute atomic E-state index is 0.160. The van der Waals surface area contributed by atoms with Crippen molar-refractivity contribution in [3.05, 3.63) is 34.9 Å². The predicted octanol–water partition coefficient (Wildman–Crippen LogP) is 1.78. The third-order valence-electron chi connectivity index (χ3n) is 4.61. The number of hydrogen-bond acceptors (Lipinski definition) is 3. The summed E-state index contributed by atoms with van der Waals surface area (Å²) in [7, 11) is 0. The molecule has 0 bridgehead atoms. The van der Waals surface area contributed by atoms with Crippen molar-refractivity contribution in [2.45, 2.75) is 38.1 Å². The van der Waals surface area contributed by atoms with Crippen molar-refractivity contribution in [2.75, 3.05) is 13.2 Å². The van der Waals surface area contributed by atoms with E-state index in [2.05, 4.69) is 5.32 Å². The Hall–Kier alpha value is -1.88. The molecule has 1 saturated heterocycles. The molecule has 0 aromatic heterocycles. The Labute approximate surface area is 129 Å². The maximum atomic E-state index is 12.5. The molecule has 2 unspecified atom stereocenters. The first kappa shape index (κ1) is 15.0. The Balaban J connectivity index is 1.77. The van der Waals surface area contributed by atoms with Crippen molar-refractivity contribution in [3.8, 4) is 0 Å². The minimum Gasteiger partial charge on any atom is -0.480 e. The number of carboxylic acid groups (broad SMARTS) is 1. The summed E-state index contributed by atoms with van der Waals surface area (Å²) in [5.74, 6) is -1.43. The smallest absolute Gasteiger partial charge is 0.326 e. The molecular weight excluding hydrogens is 282 g/mol. The molecule has 5 nitrogen and oxygen atoms in total. The van der Waals surface area contributed by atoms with Crippen LogP contribution in [0.15, 0.2) is 18.2 Å². The number of carbonyl (C=O) groups is 2. The summed E-state index contributed by atoms with van der Waals surface area (Å²) in [5, 5.41) is 12.2. The van der Waals surface area contributed by atoms with Crippen LogP contribution in [0.2, 0.25) is 0 Å². The van der Waals surface area contributed by atoms with Crippen LogP contribution in [0.1, 0.15) is 40.7 Å². The summed E-state index contributed by atoms with van der Waals surface area (Å²) in [6.45, 7) is 1.06. The number of aliphatic carboxylic acids is 1. The largest absolute Gasteiger partial charge is 0.480 e. The third-order valence-corrected chi connectivity index (χ3v) is 4.61. The highest BCUT2D eigenvalue weighted by molar-refractivity contribution is 5.98. The zero-order valence-corrected chi connectivity index (χ0v) is 12.5. The van der Waals surface area contributed by atoms with Crippen molar-refractivity contribution in [2.24, 2.45) is 5.92 Å². The summed E-state index contributed by atoms with van der Waals surface area (Å²) in [4.78, 5) is 24.1. The van der Waals surface area contributed by atoms with Gasteiger partial charge in [-0.2, -0.15) is 0 Å². The number of hydrogen-bond donors (Lipinski definition) is 2. The van der Waals surface area contributed by atoms with E-state index >= 15 is 0 Å². The Morgan fingerprint density at radius 3 is 2.86 bits per heavy atom. The lowest BCUT2D eigenvalue weighted by atomic mass is 9.93. The van der Waals surface area contributed by atoms with E-state index in [1.54, 1.807) is 6.07 Å². The molecule has 1 aliphatic heterocycles. The van der Waals surface area contributed by atoms with Gasteiger partial charge < -0.3 is 15.2 Å². The fourth-order valence-electron chi connectivity index (χ4n) is 3.46. The highest BCUT2D eigenvalue weighted by atomic mass is 16.5. The number of fused-ring (bicyclic) bond motifs is 1. The first-order valence-electron chi connectivity index (χ1n) is 7.89. The molecule has 3 rings (SSSR count). The van der Waals surface area contributed by atoms with E-state index in [1.807, 2.05) is 12.1 Å². The van der Waals surface area contributed by atoms with Crippen LogP contribution in [0, 0.1) is 5.92 Å². The normalized spacial score (nSPS) is 21.9. The van der Waals surface area contributed by atoms with E-state index in [0.29, 0.717) is 18.8 Å². The third kappa shape index (κ3) is 2.99. The Morgan fingerprint density at radius 2 is 2.14 bits per heavy atom. The van der Waals surface area contributed by atoms with Crippen molar-refractivity contribution in [1.29, 1.82) is 0 Å². The van der Waals surface area contributed by atoms with Crippen LogP contribution in [0.5, 0.6) is 0 Å². The summed E-state index contributed by atoms with van der Waals surface area (Å²) < 4.78 is 5.36. The number of ether oxygens (including phenoxy) is 1. The lowest BCUT2D eigenvalue weighted by Crippen LogP contribution is -2.48. The fraction of sp³-hybridized carbons (Fsp3) is 0.529.